The Bertz CT molecular complexity index is 1300. The molecule has 0 unspecified atom stereocenters. The zero-order chi connectivity index (χ0) is 23.0. The number of hydrogen-bond acceptors (Lipinski definition) is 9. The largest absolute Gasteiger partial charge is 1.00 e. The van der Waals surface area contributed by atoms with Gasteiger partial charge in [-0.25, -0.2) is 25.3 Å². The van der Waals surface area contributed by atoms with Gasteiger partial charge in [-0.15, -0.1) is 0 Å². The Kier molecular flexibility index (Phi) is 13.9. The van der Waals surface area contributed by atoms with Crippen LogP contribution in [0.4, 0.5) is 0 Å². The van der Waals surface area contributed by atoms with Crippen LogP contribution in [0.1, 0.15) is 0 Å². The summed E-state index contributed by atoms with van der Waals surface area (Å²) < 4.78 is 107. The van der Waals surface area contributed by atoms with Gasteiger partial charge in [0, 0.05) is 15.9 Å². The third kappa shape index (κ3) is 8.16. The number of benzene rings is 3. The molecule has 34 heavy (non-hydrogen) atoms. The fourth-order valence-electron chi connectivity index (χ4n) is 2.95. The first-order chi connectivity index (χ1) is 14.3. The van der Waals surface area contributed by atoms with Crippen LogP contribution in [-0.4, -0.2) is 38.9 Å². The van der Waals surface area contributed by atoms with E-state index in [1.165, 1.54) is 54.6 Å². The van der Waals surface area contributed by atoms with Crippen molar-refractivity contribution >= 4 is 54.2 Å². The van der Waals surface area contributed by atoms with Gasteiger partial charge in [-0.1, -0.05) is 54.6 Å². The smallest absolute Gasteiger partial charge is 0.744 e. The maximum atomic E-state index is 11.9. The molecule has 9 nitrogen and oxygen atoms in total. The quantitative estimate of drug-likeness (QED) is 0.159. The van der Waals surface area contributed by atoms with Crippen molar-refractivity contribution in [1.29, 1.82) is 0 Å². The summed E-state index contributed by atoms with van der Waals surface area (Å²) in [6.07, 6.45) is 0. The van der Waals surface area contributed by atoms with Crippen LogP contribution in [-0.2, 0) is 30.4 Å². The van der Waals surface area contributed by atoms with Crippen molar-refractivity contribution in [2.45, 2.75) is 14.7 Å². The van der Waals surface area contributed by atoms with Crippen LogP contribution in [0, 0.1) is 0 Å². The summed E-state index contributed by atoms with van der Waals surface area (Å²) in [5, 5.41) is -0.667. The third-order valence-corrected chi connectivity index (χ3v) is 9.88. The van der Waals surface area contributed by atoms with E-state index in [2.05, 4.69) is 0 Å². The molecule has 164 valence electrons. The van der Waals surface area contributed by atoms with Gasteiger partial charge in [0.2, 0.25) is 0 Å². The molecule has 3 rings (SSSR count). The van der Waals surface area contributed by atoms with Gasteiger partial charge in [-0.3, -0.25) is 0 Å². The second-order valence-corrected chi connectivity index (χ2v) is 12.3. The van der Waals surface area contributed by atoms with Crippen LogP contribution in [0.15, 0.2) is 87.5 Å². The molecular formula is C18H12Na3O9PS3. The summed E-state index contributed by atoms with van der Waals surface area (Å²) >= 11 is 0. The molecular weight excluding hydrogens is 556 g/mol. The molecule has 0 N–H and O–H groups in total. The summed E-state index contributed by atoms with van der Waals surface area (Å²) in [6.45, 7) is 0. The normalized spacial score (nSPS) is 11.6. The zero-order valence-corrected chi connectivity index (χ0v) is 27.6. The topological polar surface area (TPSA) is 172 Å². The average Bonchev–Trinajstić information content (AvgIpc) is 2.67. The first-order valence-corrected chi connectivity index (χ1v) is 13.8. The molecule has 16 heteroatoms. The molecule has 0 aliphatic heterocycles. The van der Waals surface area contributed by atoms with E-state index in [0.717, 1.165) is 18.2 Å². The maximum Gasteiger partial charge on any atom is 1.00 e. The molecule has 0 spiro atoms. The maximum absolute atomic E-state index is 11.9. The monoisotopic (exact) mass is 568 g/mol. The molecule has 0 aliphatic rings. The van der Waals surface area contributed by atoms with E-state index in [0.29, 0.717) is 0 Å². The van der Waals surface area contributed by atoms with Gasteiger partial charge < -0.3 is 13.7 Å². The van der Waals surface area contributed by atoms with Crippen molar-refractivity contribution in [3.05, 3.63) is 72.8 Å². The Hall–Kier alpha value is 0.820. The fraction of sp³-hybridized carbons (Fsp3) is 0. The molecule has 0 fully saturated rings. The van der Waals surface area contributed by atoms with E-state index in [1.54, 1.807) is 0 Å². The molecule has 0 aromatic heterocycles. The van der Waals surface area contributed by atoms with Crippen molar-refractivity contribution in [1.82, 2.24) is 0 Å². The summed E-state index contributed by atoms with van der Waals surface area (Å²) in [5.41, 5.74) is 0. The van der Waals surface area contributed by atoms with Gasteiger partial charge in [-0.2, -0.15) is 0 Å². The van der Waals surface area contributed by atoms with Gasteiger partial charge in [0.25, 0.3) is 0 Å². The Labute approximate surface area is 265 Å². The molecule has 0 radical (unpaired) electrons. The minimum Gasteiger partial charge on any atom is -0.744 e. The van der Waals surface area contributed by atoms with Gasteiger partial charge in [0.15, 0.2) is 0 Å². The predicted octanol–water partition coefficient (Wildman–Crippen LogP) is -8.83. The van der Waals surface area contributed by atoms with Crippen LogP contribution in [0.2, 0.25) is 0 Å². The molecule has 0 saturated carbocycles. The van der Waals surface area contributed by atoms with Crippen molar-refractivity contribution < 1.29 is 128 Å². The molecule has 0 saturated heterocycles. The minimum atomic E-state index is -5.08. The number of hydrogen-bond donors (Lipinski definition) is 0. The van der Waals surface area contributed by atoms with E-state index in [9.17, 15) is 38.9 Å². The van der Waals surface area contributed by atoms with E-state index in [4.69, 9.17) is 0 Å². The fourth-order valence-corrected chi connectivity index (χ4v) is 8.85. The summed E-state index contributed by atoms with van der Waals surface area (Å²) in [6, 6.07) is 14.4. The molecule has 0 aliphatic carbocycles. The van der Waals surface area contributed by atoms with Crippen molar-refractivity contribution in [3.8, 4) is 0 Å². The van der Waals surface area contributed by atoms with E-state index < -0.39 is 53.0 Å². The van der Waals surface area contributed by atoms with Gasteiger partial charge in [-0.05, 0) is 26.1 Å². The minimum absolute atomic E-state index is 0. The first-order valence-electron chi connectivity index (χ1n) is 8.27. The molecule has 3 aromatic carbocycles. The summed E-state index contributed by atoms with van der Waals surface area (Å²) in [4.78, 5) is -2.17. The van der Waals surface area contributed by atoms with E-state index in [1.807, 2.05) is 0 Å². The van der Waals surface area contributed by atoms with Crippen LogP contribution in [0.25, 0.3) is 0 Å². The first kappa shape index (κ1) is 34.8. The second-order valence-electron chi connectivity index (χ2n) is 6.10. The van der Waals surface area contributed by atoms with E-state index in [-0.39, 0.29) is 105 Å². The van der Waals surface area contributed by atoms with E-state index >= 15 is 0 Å². The third-order valence-electron chi connectivity index (χ3n) is 4.13. The Morgan fingerprint density at radius 2 is 0.647 bits per heavy atom. The second kappa shape index (κ2) is 13.6. The zero-order valence-electron chi connectivity index (χ0n) is 18.3. The Balaban J connectivity index is 0.00000363. The summed E-state index contributed by atoms with van der Waals surface area (Å²) in [5.74, 6) is 0. The van der Waals surface area contributed by atoms with Crippen molar-refractivity contribution in [2.24, 2.45) is 0 Å². The average molecular weight is 568 g/mol. The molecule has 0 amide bonds. The van der Waals surface area contributed by atoms with Crippen molar-refractivity contribution in [3.63, 3.8) is 0 Å². The Morgan fingerprint density at radius 1 is 0.441 bits per heavy atom. The van der Waals surface area contributed by atoms with Crippen LogP contribution in [0.5, 0.6) is 0 Å². The van der Waals surface area contributed by atoms with Crippen LogP contribution >= 0.6 is 7.92 Å². The Morgan fingerprint density at radius 3 is 0.853 bits per heavy atom. The molecule has 0 heterocycles. The SMILES string of the molecule is O=S(=O)([O-])c1ccccc1P(c1ccccc1S(=O)(=O)[O-])c1ccccc1S(=O)(=O)[O-].[Na+].[Na+].[Na+]. The summed E-state index contributed by atoms with van der Waals surface area (Å²) in [7, 11) is -17.7. The van der Waals surface area contributed by atoms with Crippen molar-refractivity contribution in [2.75, 3.05) is 0 Å². The number of rotatable bonds is 6. The predicted molar refractivity (Wildman–Crippen MR) is 109 cm³/mol. The molecule has 3 aromatic rings. The van der Waals surface area contributed by atoms with Gasteiger partial charge >= 0.3 is 88.7 Å². The van der Waals surface area contributed by atoms with Gasteiger partial charge in [0.05, 0.1) is 14.7 Å². The molecule has 0 atom stereocenters. The van der Waals surface area contributed by atoms with Gasteiger partial charge in [0.1, 0.15) is 30.4 Å². The van der Waals surface area contributed by atoms with Crippen LogP contribution in [0.3, 0.4) is 0 Å². The standard InChI is InChI=1S/C18H15O9PS3.3Na/c19-29(20,21)16-10-4-1-7-13(16)28(14-8-2-5-11-17(14)30(22,23)24)15-9-3-6-12-18(15)31(25,26)27;;;/h1-12H,(H,19,20,21)(H,22,23,24)(H,25,26,27);;;/q;3*+1/p-3. The molecule has 0 bridgehead atoms. The van der Waals surface area contributed by atoms with Crippen LogP contribution < -0.4 is 105 Å².